The van der Waals surface area contributed by atoms with Crippen LogP contribution in [0.2, 0.25) is 5.02 Å². The lowest BCUT2D eigenvalue weighted by molar-refractivity contribution is 0.627. The number of nitrogens with zero attached hydrogens (tertiary/aromatic N) is 2. The van der Waals surface area contributed by atoms with Gasteiger partial charge in [-0.25, -0.2) is 4.79 Å². The molecule has 1 aromatic carbocycles. The van der Waals surface area contributed by atoms with Gasteiger partial charge in [0.1, 0.15) is 0 Å². The van der Waals surface area contributed by atoms with E-state index in [4.69, 9.17) is 11.6 Å². The quantitative estimate of drug-likeness (QED) is 0.875. The Kier molecular flexibility index (Phi) is 3.03. The molecule has 2 aromatic rings. The van der Waals surface area contributed by atoms with E-state index in [1.54, 1.807) is 22.2 Å². The summed E-state index contributed by atoms with van der Waals surface area (Å²) in [5.41, 5.74) is 1.79. The first kappa shape index (κ1) is 11.2. The van der Waals surface area contributed by atoms with Gasteiger partial charge in [-0.2, -0.15) is 0 Å². The number of likely N-dealkylation sites (N-methyl/N-ethyl adjacent to an activating group) is 1. The Morgan fingerprint density at radius 1 is 1.38 bits per heavy atom. The van der Waals surface area contributed by atoms with Crippen molar-refractivity contribution in [1.29, 1.82) is 0 Å². The molecule has 0 radical (unpaired) electrons. The van der Waals surface area contributed by atoms with Crippen molar-refractivity contribution in [1.82, 2.24) is 14.5 Å². The standard InChI is InChI=1S/C11H14ClN3O/c1-13-5-6-15-10-7-8(12)3-4-9(10)14(2)11(15)16/h3-4,7,13H,5-6H2,1-2H3. The number of aryl methyl sites for hydroxylation is 1. The van der Waals surface area contributed by atoms with Crippen molar-refractivity contribution < 1.29 is 0 Å². The number of imidazole rings is 1. The van der Waals surface area contributed by atoms with Crippen molar-refractivity contribution in [2.45, 2.75) is 6.54 Å². The summed E-state index contributed by atoms with van der Waals surface area (Å²) in [6.45, 7) is 1.40. The molecule has 5 heteroatoms. The van der Waals surface area contributed by atoms with Crippen molar-refractivity contribution in [2.24, 2.45) is 7.05 Å². The van der Waals surface area contributed by atoms with Crippen LogP contribution in [0, 0.1) is 0 Å². The molecule has 0 atom stereocenters. The van der Waals surface area contributed by atoms with E-state index in [1.807, 2.05) is 19.2 Å². The van der Waals surface area contributed by atoms with E-state index in [2.05, 4.69) is 5.32 Å². The van der Waals surface area contributed by atoms with Gasteiger partial charge in [0, 0.05) is 25.2 Å². The monoisotopic (exact) mass is 239 g/mol. The van der Waals surface area contributed by atoms with E-state index in [-0.39, 0.29) is 5.69 Å². The van der Waals surface area contributed by atoms with E-state index >= 15 is 0 Å². The molecule has 16 heavy (non-hydrogen) atoms. The highest BCUT2D eigenvalue weighted by molar-refractivity contribution is 6.31. The van der Waals surface area contributed by atoms with Crippen molar-refractivity contribution in [3.63, 3.8) is 0 Å². The van der Waals surface area contributed by atoms with Crippen LogP contribution >= 0.6 is 11.6 Å². The van der Waals surface area contributed by atoms with Gasteiger partial charge in [-0.05, 0) is 25.2 Å². The molecule has 0 saturated carbocycles. The van der Waals surface area contributed by atoms with E-state index in [1.165, 1.54) is 0 Å². The topological polar surface area (TPSA) is 39.0 Å². The number of hydrogen-bond acceptors (Lipinski definition) is 2. The fourth-order valence-corrected chi connectivity index (χ4v) is 1.99. The van der Waals surface area contributed by atoms with E-state index in [9.17, 15) is 4.79 Å². The highest BCUT2D eigenvalue weighted by Crippen LogP contribution is 2.17. The lowest BCUT2D eigenvalue weighted by atomic mass is 10.3. The molecule has 0 spiro atoms. The number of aromatic nitrogens is 2. The molecule has 0 fully saturated rings. The van der Waals surface area contributed by atoms with Crippen LogP contribution in [0.15, 0.2) is 23.0 Å². The molecule has 2 rings (SSSR count). The zero-order valence-electron chi connectivity index (χ0n) is 9.33. The molecule has 0 aliphatic rings. The second-order valence-electron chi connectivity index (χ2n) is 3.73. The van der Waals surface area contributed by atoms with E-state index < -0.39 is 0 Å². The van der Waals surface area contributed by atoms with Gasteiger partial charge in [-0.3, -0.25) is 9.13 Å². The first-order valence-corrected chi connectivity index (χ1v) is 5.52. The molecule has 0 aliphatic carbocycles. The van der Waals surface area contributed by atoms with Crippen molar-refractivity contribution >= 4 is 22.6 Å². The summed E-state index contributed by atoms with van der Waals surface area (Å²) in [6.07, 6.45) is 0. The minimum Gasteiger partial charge on any atom is -0.318 e. The summed E-state index contributed by atoms with van der Waals surface area (Å²) in [7, 11) is 3.64. The summed E-state index contributed by atoms with van der Waals surface area (Å²) in [4.78, 5) is 12.0. The van der Waals surface area contributed by atoms with Crippen LogP contribution in [0.25, 0.3) is 11.0 Å². The van der Waals surface area contributed by atoms with Crippen LogP contribution in [0.4, 0.5) is 0 Å². The lowest BCUT2D eigenvalue weighted by Crippen LogP contribution is -2.26. The molecule has 1 N–H and O–H groups in total. The smallest absolute Gasteiger partial charge is 0.318 e. The molecule has 0 aliphatic heterocycles. The third kappa shape index (κ3) is 1.74. The number of benzene rings is 1. The third-order valence-electron chi connectivity index (χ3n) is 2.69. The normalized spacial score (nSPS) is 11.2. The SMILES string of the molecule is CNCCn1c(=O)n(C)c2ccc(Cl)cc21. The lowest BCUT2D eigenvalue weighted by Gasteiger charge is -2.02. The van der Waals surface area contributed by atoms with Gasteiger partial charge in [0.15, 0.2) is 0 Å². The highest BCUT2D eigenvalue weighted by Gasteiger charge is 2.09. The van der Waals surface area contributed by atoms with Crippen LogP contribution in [0.5, 0.6) is 0 Å². The van der Waals surface area contributed by atoms with E-state index in [0.29, 0.717) is 11.6 Å². The Labute approximate surface area is 98.4 Å². The fourth-order valence-electron chi connectivity index (χ4n) is 1.82. The van der Waals surface area contributed by atoms with Crippen LogP contribution < -0.4 is 11.0 Å². The molecular weight excluding hydrogens is 226 g/mol. The molecule has 1 heterocycles. The Bertz CT molecular complexity index is 570. The second-order valence-corrected chi connectivity index (χ2v) is 4.17. The van der Waals surface area contributed by atoms with Crippen molar-refractivity contribution in [3.8, 4) is 0 Å². The van der Waals surface area contributed by atoms with E-state index in [0.717, 1.165) is 17.6 Å². The van der Waals surface area contributed by atoms with Gasteiger partial charge < -0.3 is 5.32 Å². The Hall–Kier alpha value is -1.26. The first-order valence-electron chi connectivity index (χ1n) is 5.14. The molecule has 0 saturated heterocycles. The van der Waals surface area contributed by atoms with Gasteiger partial charge >= 0.3 is 5.69 Å². The zero-order valence-corrected chi connectivity index (χ0v) is 10.1. The summed E-state index contributed by atoms with van der Waals surface area (Å²) in [5, 5.41) is 3.68. The number of halogens is 1. The van der Waals surface area contributed by atoms with Gasteiger partial charge in [0.25, 0.3) is 0 Å². The first-order chi connectivity index (χ1) is 7.65. The highest BCUT2D eigenvalue weighted by atomic mass is 35.5. The van der Waals surface area contributed by atoms with Crippen LogP contribution in [-0.4, -0.2) is 22.7 Å². The molecular formula is C11H14ClN3O. The Morgan fingerprint density at radius 2 is 2.12 bits per heavy atom. The number of nitrogens with one attached hydrogen (secondary N) is 1. The minimum atomic E-state index is -0.00693. The molecule has 0 bridgehead atoms. The van der Waals surface area contributed by atoms with Crippen molar-refractivity contribution in [3.05, 3.63) is 33.7 Å². The summed E-state index contributed by atoms with van der Waals surface area (Å²) in [6, 6.07) is 5.49. The van der Waals surface area contributed by atoms with Crippen LogP contribution in [0.1, 0.15) is 0 Å². The number of fused-ring (bicyclic) bond motifs is 1. The molecule has 4 nitrogen and oxygen atoms in total. The van der Waals surface area contributed by atoms with Gasteiger partial charge in [0.2, 0.25) is 0 Å². The Morgan fingerprint density at radius 3 is 2.81 bits per heavy atom. The fraction of sp³-hybridized carbons (Fsp3) is 0.364. The molecule has 86 valence electrons. The average Bonchev–Trinajstić information content (AvgIpc) is 2.50. The maximum absolute atomic E-state index is 12.0. The number of rotatable bonds is 3. The largest absolute Gasteiger partial charge is 0.328 e. The molecule has 1 aromatic heterocycles. The molecule has 0 amide bonds. The predicted octanol–water partition coefficient (Wildman–Crippen LogP) is 1.21. The number of hydrogen-bond donors (Lipinski definition) is 1. The summed E-state index contributed by atoms with van der Waals surface area (Å²) < 4.78 is 3.37. The molecule has 0 unspecified atom stereocenters. The Balaban J connectivity index is 2.66. The summed E-state index contributed by atoms with van der Waals surface area (Å²) in [5.74, 6) is 0. The van der Waals surface area contributed by atoms with Crippen LogP contribution in [-0.2, 0) is 13.6 Å². The predicted molar refractivity (Wildman–Crippen MR) is 66.1 cm³/mol. The van der Waals surface area contributed by atoms with Gasteiger partial charge in [-0.1, -0.05) is 11.6 Å². The maximum Gasteiger partial charge on any atom is 0.328 e. The zero-order chi connectivity index (χ0) is 11.7. The van der Waals surface area contributed by atoms with Crippen LogP contribution in [0.3, 0.4) is 0 Å². The van der Waals surface area contributed by atoms with Gasteiger partial charge in [0.05, 0.1) is 11.0 Å². The minimum absolute atomic E-state index is 0.00693. The maximum atomic E-state index is 12.0. The average molecular weight is 240 g/mol. The summed E-state index contributed by atoms with van der Waals surface area (Å²) >= 11 is 5.95. The van der Waals surface area contributed by atoms with Gasteiger partial charge in [-0.15, -0.1) is 0 Å². The van der Waals surface area contributed by atoms with Crippen molar-refractivity contribution in [2.75, 3.05) is 13.6 Å². The third-order valence-corrected chi connectivity index (χ3v) is 2.93. The second kappa shape index (κ2) is 4.31.